The molecule has 0 spiro atoms. The molecule has 3 unspecified atom stereocenters. The minimum atomic E-state index is -0.394. The van der Waals surface area contributed by atoms with Gasteiger partial charge in [-0.1, -0.05) is 47.5 Å². The predicted octanol–water partition coefficient (Wildman–Crippen LogP) is 7.91. The van der Waals surface area contributed by atoms with Crippen LogP contribution in [0.3, 0.4) is 0 Å². The molecule has 0 radical (unpaired) electrons. The van der Waals surface area contributed by atoms with Crippen molar-refractivity contribution in [2.75, 3.05) is 19.0 Å². The van der Waals surface area contributed by atoms with E-state index in [0.29, 0.717) is 51.4 Å². The monoisotopic (exact) mass is 635 g/mol. The normalized spacial score (nSPS) is 23.2. The van der Waals surface area contributed by atoms with E-state index in [9.17, 15) is 10.0 Å². The van der Waals surface area contributed by atoms with E-state index in [-0.39, 0.29) is 24.2 Å². The molecule has 11 heteroatoms. The molecule has 0 amide bonds. The number of halogens is 2. The van der Waals surface area contributed by atoms with Crippen LogP contribution in [-0.2, 0) is 9.47 Å². The van der Waals surface area contributed by atoms with Crippen molar-refractivity contribution >= 4 is 55.9 Å². The zero-order chi connectivity index (χ0) is 30.0. The van der Waals surface area contributed by atoms with Crippen molar-refractivity contribution in [3.63, 3.8) is 0 Å². The predicted molar refractivity (Wildman–Crippen MR) is 167 cm³/mol. The van der Waals surface area contributed by atoms with Crippen molar-refractivity contribution in [3.05, 3.63) is 51.5 Å². The summed E-state index contributed by atoms with van der Waals surface area (Å²) in [5.41, 5.74) is 4.33. The van der Waals surface area contributed by atoms with E-state index in [1.54, 1.807) is 35.6 Å². The third kappa shape index (κ3) is 6.82. The highest BCUT2D eigenvalue weighted by Gasteiger charge is 2.43. The molecule has 2 fully saturated rings. The summed E-state index contributed by atoms with van der Waals surface area (Å²) in [5.74, 6) is 1.27. The van der Waals surface area contributed by atoms with Gasteiger partial charge in [0.2, 0.25) is 0 Å². The first-order chi connectivity index (χ1) is 20.2. The molecule has 2 saturated carbocycles. The number of thiazole rings is 1. The van der Waals surface area contributed by atoms with Crippen LogP contribution in [-0.4, -0.2) is 48.1 Å². The number of ether oxygens (including phenoxy) is 3. The minimum absolute atomic E-state index is 0.0481. The Balaban J connectivity index is 1.20. The first-order valence-electron chi connectivity index (χ1n) is 14.6. The van der Waals surface area contributed by atoms with Gasteiger partial charge in [-0.05, 0) is 88.0 Å². The summed E-state index contributed by atoms with van der Waals surface area (Å²) in [5, 5.41) is 15.5. The fourth-order valence-corrected chi connectivity index (χ4v) is 8.10. The molecule has 2 aromatic carbocycles. The van der Waals surface area contributed by atoms with Crippen LogP contribution in [0.1, 0.15) is 74.8 Å². The Bertz CT molecular complexity index is 1370. The number of hydroxylamine groups is 1. The van der Waals surface area contributed by atoms with Crippen molar-refractivity contribution in [2.45, 2.75) is 77.2 Å². The lowest BCUT2D eigenvalue weighted by Crippen LogP contribution is -2.39. The molecule has 1 heterocycles. The number of carbonyl (C=O) groups excluding carboxylic acids is 1. The topological polar surface area (TPSA) is 102 Å². The number of hydrogen-bond acceptors (Lipinski definition) is 9. The fraction of sp³-hybridized carbons (Fsp3) is 0.548. The van der Waals surface area contributed by atoms with E-state index >= 15 is 0 Å². The smallest absolute Gasteiger partial charge is 0.338 e. The first-order valence-corrected chi connectivity index (χ1v) is 16.2. The van der Waals surface area contributed by atoms with Crippen molar-refractivity contribution < 1.29 is 24.2 Å². The summed E-state index contributed by atoms with van der Waals surface area (Å²) in [6, 6.07) is 8.86. The van der Waals surface area contributed by atoms with Crippen LogP contribution >= 0.6 is 34.5 Å². The van der Waals surface area contributed by atoms with Gasteiger partial charge >= 0.3 is 5.97 Å². The van der Waals surface area contributed by atoms with E-state index < -0.39 is 5.97 Å². The number of benzene rings is 2. The highest BCUT2D eigenvalue weighted by Crippen LogP contribution is 2.46. The average molecular weight is 637 g/mol. The SMILES string of the molecule is COC(=O)c1cc(OC(C)C)c2nc(NC3C4CCC3CC(OCC[C@@H](C)C(NO)c3c(Cl)cccc3Cl)C4)sc2c1. The number of anilines is 1. The van der Waals surface area contributed by atoms with Gasteiger partial charge in [0, 0.05) is 28.3 Å². The quantitative estimate of drug-likeness (QED) is 0.136. The van der Waals surface area contributed by atoms with Crippen molar-refractivity contribution in [1.82, 2.24) is 10.5 Å². The number of fused-ring (bicyclic) bond motifs is 3. The Morgan fingerprint density at radius 2 is 1.83 bits per heavy atom. The van der Waals surface area contributed by atoms with Crippen LogP contribution in [0, 0.1) is 17.8 Å². The third-order valence-electron chi connectivity index (χ3n) is 8.53. The van der Waals surface area contributed by atoms with Gasteiger partial charge in [0.15, 0.2) is 5.13 Å². The Morgan fingerprint density at radius 3 is 2.45 bits per heavy atom. The number of nitrogens with one attached hydrogen (secondary N) is 2. The lowest BCUT2D eigenvalue weighted by atomic mass is 9.82. The average Bonchev–Trinajstić information content (AvgIpc) is 3.46. The number of esters is 1. The molecule has 228 valence electrons. The van der Waals surface area contributed by atoms with Gasteiger partial charge in [0.1, 0.15) is 11.3 Å². The van der Waals surface area contributed by atoms with E-state index in [2.05, 4.69) is 17.7 Å². The third-order valence-corrected chi connectivity index (χ3v) is 10.1. The van der Waals surface area contributed by atoms with Crippen molar-refractivity contribution in [2.24, 2.45) is 17.8 Å². The maximum atomic E-state index is 12.3. The molecule has 3 aromatic rings. The summed E-state index contributed by atoms with van der Waals surface area (Å²) in [6.07, 6.45) is 5.25. The maximum absolute atomic E-state index is 12.3. The second-order valence-corrected chi connectivity index (χ2v) is 13.6. The highest BCUT2D eigenvalue weighted by atomic mass is 35.5. The number of hydrogen-bond donors (Lipinski definition) is 3. The van der Waals surface area contributed by atoms with Crippen LogP contribution in [0.4, 0.5) is 5.13 Å². The number of aromatic nitrogens is 1. The lowest BCUT2D eigenvalue weighted by Gasteiger charge is -2.36. The molecule has 8 nitrogen and oxygen atoms in total. The fourth-order valence-electron chi connectivity index (χ4n) is 6.50. The molecular formula is C31H39Cl2N3O5S. The molecule has 1 aromatic heterocycles. The van der Waals surface area contributed by atoms with Gasteiger partial charge in [-0.15, -0.1) is 0 Å². The molecule has 4 atom stereocenters. The summed E-state index contributed by atoms with van der Waals surface area (Å²) < 4.78 is 18.2. The standard InChI is InChI=1S/C31H39Cl2N3O5S/c1-16(2)41-24-14-20(30(37)39-4)15-25-29(24)35-31(42-25)34-28-18-8-9-19(28)13-21(12-18)40-11-10-17(3)27(36-38)26-22(32)6-5-7-23(26)33/h5-7,14-19,21,27-28,36,38H,8-13H2,1-4H3,(H,34,35)/t17-,18?,19?,21?,27?,28?/m1/s1. The van der Waals surface area contributed by atoms with E-state index in [1.165, 1.54) is 20.0 Å². The van der Waals surface area contributed by atoms with Crippen LogP contribution in [0.5, 0.6) is 5.75 Å². The number of carbonyl (C=O) groups is 1. The Labute approximate surface area is 261 Å². The second kappa shape index (κ2) is 13.7. The Hall–Kier alpha value is -2.14. The van der Waals surface area contributed by atoms with Gasteiger partial charge in [-0.2, -0.15) is 5.48 Å². The van der Waals surface area contributed by atoms with E-state index in [4.69, 9.17) is 42.4 Å². The zero-order valence-corrected chi connectivity index (χ0v) is 26.7. The largest absolute Gasteiger partial charge is 0.489 e. The van der Waals surface area contributed by atoms with Gasteiger partial charge < -0.3 is 24.7 Å². The first kappa shape index (κ1) is 31.3. The lowest BCUT2D eigenvalue weighted by molar-refractivity contribution is -0.00408. The van der Waals surface area contributed by atoms with Crippen LogP contribution < -0.4 is 15.5 Å². The van der Waals surface area contributed by atoms with Crippen LogP contribution in [0.2, 0.25) is 10.0 Å². The number of methoxy groups -OCH3 is 1. The molecule has 5 rings (SSSR count). The second-order valence-electron chi connectivity index (χ2n) is 11.7. The number of rotatable bonds is 12. The molecule has 42 heavy (non-hydrogen) atoms. The molecule has 0 aliphatic heterocycles. The van der Waals surface area contributed by atoms with Gasteiger partial charge in [0.05, 0.1) is 35.6 Å². The minimum Gasteiger partial charge on any atom is -0.489 e. The van der Waals surface area contributed by atoms with Gasteiger partial charge in [-0.25, -0.2) is 9.78 Å². The molecule has 0 saturated heterocycles. The number of nitrogens with zero attached hydrogens (tertiary/aromatic N) is 1. The van der Waals surface area contributed by atoms with Gasteiger partial charge in [0.25, 0.3) is 0 Å². The zero-order valence-electron chi connectivity index (χ0n) is 24.4. The van der Waals surface area contributed by atoms with E-state index in [0.717, 1.165) is 34.6 Å². The molecule has 2 bridgehead atoms. The van der Waals surface area contributed by atoms with Gasteiger partial charge in [-0.3, -0.25) is 0 Å². The maximum Gasteiger partial charge on any atom is 0.338 e. The summed E-state index contributed by atoms with van der Waals surface area (Å²) in [4.78, 5) is 17.1. The van der Waals surface area contributed by atoms with Crippen molar-refractivity contribution in [1.29, 1.82) is 0 Å². The van der Waals surface area contributed by atoms with Crippen LogP contribution in [0.25, 0.3) is 10.2 Å². The Kier molecular flexibility index (Phi) is 10.2. The van der Waals surface area contributed by atoms with Crippen molar-refractivity contribution in [3.8, 4) is 5.75 Å². The molecule has 3 N–H and O–H groups in total. The molecular weight excluding hydrogens is 597 g/mol. The molecule has 2 aliphatic carbocycles. The summed E-state index contributed by atoms with van der Waals surface area (Å²) >= 11 is 14.3. The van der Waals surface area contributed by atoms with Crippen LogP contribution in [0.15, 0.2) is 30.3 Å². The highest BCUT2D eigenvalue weighted by molar-refractivity contribution is 7.22. The molecule has 2 aliphatic rings. The van der Waals surface area contributed by atoms with E-state index in [1.807, 2.05) is 19.9 Å². The summed E-state index contributed by atoms with van der Waals surface area (Å²) in [7, 11) is 1.38. The summed E-state index contributed by atoms with van der Waals surface area (Å²) in [6.45, 7) is 6.57. The Morgan fingerprint density at radius 1 is 1.14 bits per heavy atom.